The molecule has 0 bridgehead atoms. The highest BCUT2D eigenvalue weighted by Crippen LogP contribution is 2.36. The molecule has 2 N–H and O–H groups in total. The van der Waals surface area contributed by atoms with Crippen LogP contribution in [0.3, 0.4) is 0 Å². The summed E-state index contributed by atoms with van der Waals surface area (Å²) in [7, 11) is 0. The fraction of sp³-hybridized carbons (Fsp3) is 0.474. The van der Waals surface area contributed by atoms with Crippen molar-refractivity contribution in [3.05, 3.63) is 48.3 Å². The van der Waals surface area contributed by atoms with Crippen LogP contribution in [0.25, 0.3) is 5.69 Å². The summed E-state index contributed by atoms with van der Waals surface area (Å²) in [5, 5.41) is 24.5. The Hall–Kier alpha value is -2.18. The number of carboxylic acids is 1. The summed E-state index contributed by atoms with van der Waals surface area (Å²) in [6, 6.07) is 9.88. The molecule has 0 unspecified atom stereocenters. The van der Waals surface area contributed by atoms with E-state index >= 15 is 0 Å². The van der Waals surface area contributed by atoms with Crippen LogP contribution in [0.4, 0.5) is 0 Å². The number of para-hydroxylation sites is 1. The van der Waals surface area contributed by atoms with E-state index in [0.717, 1.165) is 17.7 Å². The van der Waals surface area contributed by atoms with E-state index in [9.17, 15) is 15.0 Å². The van der Waals surface area contributed by atoms with E-state index in [0.29, 0.717) is 32.5 Å². The molecule has 1 aliphatic rings. The molecule has 0 spiro atoms. The fourth-order valence-electron chi connectivity index (χ4n) is 3.73. The summed E-state index contributed by atoms with van der Waals surface area (Å²) >= 11 is 0. The maximum Gasteiger partial charge on any atom is 0.313 e. The van der Waals surface area contributed by atoms with Crippen molar-refractivity contribution in [1.29, 1.82) is 0 Å². The van der Waals surface area contributed by atoms with Gasteiger partial charge >= 0.3 is 5.97 Å². The standard InChI is InChI=1S/C19H25N3O3/c1-2-9-19(18(24)25)14-21(10-8-17(19)23)12-15-11-20-22(13-15)16-6-4-3-5-7-16/h3-7,11,13,17,23H,2,8-10,12,14H2,1H3,(H,24,25)/t17-,19-/m1/s1. The van der Waals surface area contributed by atoms with E-state index in [-0.39, 0.29) is 0 Å². The van der Waals surface area contributed by atoms with Crippen molar-refractivity contribution in [2.45, 2.75) is 38.8 Å². The molecule has 3 rings (SSSR count). The molecule has 25 heavy (non-hydrogen) atoms. The lowest BCUT2D eigenvalue weighted by Crippen LogP contribution is -2.55. The number of aliphatic hydroxyl groups is 1. The number of rotatable bonds is 6. The molecule has 0 saturated carbocycles. The van der Waals surface area contributed by atoms with Crippen LogP contribution >= 0.6 is 0 Å². The molecule has 2 atom stereocenters. The maximum atomic E-state index is 11.9. The summed E-state index contributed by atoms with van der Waals surface area (Å²) in [4.78, 5) is 14.0. The fourth-order valence-corrected chi connectivity index (χ4v) is 3.73. The summed E-state index contributed by atoms with van der Waals surface area (Å²) in [6.45, 7) is 3.66. The van der Waals surface area contributed by atoms with E-state index in [4.69, 9.17) is 0 Å². The van der Waals surface area contributed by atoms with E-state index in [1.54, 1.807) is 0 Å². The maximum absolute atomic E-state index is 11.9. The van der Waals surface area contributed by atoms with Crippen LogP contribution in [0.15, 0.2) is 42.7 Å². The smallest absolute Gasteiger partial charge is 0.313 e. The zero-order valence-electron chi connectivity index (χ0n) is 14.5. The molecule has 0 amide bonds. The Labute approximate surface area is 147 Å². The first kappa shape index (κ1) is 17.6. The minimum Gasteiger partial charge on any atom is -0.481 e. The molecule has 0 radical (unpaired) electrons. The molecule has 2 heterocycles. The van der Waals surface area contributed by atoms with Gasteiger partial charge in [-0.1, -0.05) is 31.5 Å². The van der Waals surface area contributed by atoms with Gasteiger partial charge in [0.25, 0.3) is 0 Å². The number of hydrogen-bond donors (Lipinski definition) is 2. The molecule has 1 aromatic heterocycles. The summed E-state index contributed by atoms with van der Waals surface area (Å²) in [5.41, 5.74) is 0.965. The van der Waals surface area contributed by atoms with Gasteiger partial charge in [0.2, 0.25) is 0 Å². The van der Waals surface area contributed by atoms with Gasteiger partial charge in [0.1, 0.15) is 5.41 Å². The molecule has 6 nitrogen and oxygen atoms in total. The molecule has 0 aliphatic carbocycles. The minimum absolute atomic E-state index is 0.369. The Morgan fingerprint density at radius 2 is 2.12 bits per heavy atom. The van der Waals surface area contributed by atoms with E-state index < -0.39 is 17.5 Å². The normalized spacial score (nSPS) is 24.3. The average Bonchev–Trinajstić information content (AvgIpc) is 3.07. The summed E-state index contributed by atoms with van der Waals surface area (Å²) < 4.78 is 1.82. The highest BCUT2D eigenvalue weighted by Gasteiger charge is 2.48. The van der Waals surface area contributed by atoms with E-state index in [1.807, 2.05) is 54.3 Å². The average molecular weight is 343 g/mol. The molecule has 2 aromatic rings. The van der Waals surface area contributed by atoms with Gasteiger partial charge in [0.05, 0.1) is 18.0 Å². The number of aliphatic carboxylic acids is 1. The Morgan fingerprint density at radius 1 is 1.36 bits per heavy atom. The van der Waals surface area contributed by atoms with Gasteiger partial charge in [-0.2, -0.15) is 5.10 Å². The summed E-state index contributed by atoms with van der Waals surface area (Å²) in [5.74, 6) is -0.897. The van der Waals surface area contributed by atoms with Gasteiger partial charge in [-0.15, -0.1) is 0 Å². The molecular formula is C19H25N3O3. The van der Waals surface area contributed by atoms with Crippen LogP contribution in [0.2, 0.25) is 0 Å². The minimum atomic E-state index is -1.07. The lowest BCUT2D eigenvalue weighted by atomic mass is 9.74. The van der Waals surface area contributed by atoms with Crippen LogP contribution < -0.4 is 0 Å². The van der Waals surface area contributed by atoms with Crippen LogP contribution in [0.5, 0.6) is 0 Å². The second-order valence-corrected chi connectivity index (χ2v) is 6.86. The lowest BCUT2D eigenvalue weighted by molar-refractivity contribution is -0.164. The van der Waals surface area contributed by atoms with Crippen molar-refractivity contribution < 1.29 is 15.0 Å². The largest absolute Gasteiger partial charge is 0.481 e. The number of aromatic nitrogens is 2. The van der Waals surface area contributed by atoms with Crippen LogP contribution in [-0.2, 0) is 11.3 Å². The lowest BCUT2D eigenvalue weighted by Gasteiger charge is -2.43. The Kier molecular flexibility index (Phi) is 5.20. The SMILES string of the molecule is CCC[C@@]1(C(=O)O)CN(Cc2cnn(-c3ccccc3)c2)CC[C@H]1O. The van der Waals surface area contributed by atoms with Gasteiger partial charge in [0.15, 0.2) is 0 Å². The highest BCUT2D eigenvalue weighted by molar-refractivity contribution is 5.76. The van der Waals surface area contributed by atoms with Crippen LogP contribution in [0, 0.1) is 5.41 Å². The first-order valence-corrected chi connectivity index (χ1v) is 8.78. The molecule has 1 aromatic carbocycles. The molecule has 6 heteroatoms. The predicted octanol–water partition coefficient (Wildman–Crippen LogP) is 2.31. The second kappa shape index (κ2) is 7.37. The van der Waals surface area contributed by atoms with Gasteiger partial charge in [-0.3, -0.25) is 9.69 Å². The second-order valence-electron chi connectivity index (χ2n) is 6.86. The van der Waals surface area contributed by atoms with Crippen molar-refractivity contribution in [2.75, 3.05) is 13.1 Å². The van der Waals surface area contributed by atoms with Gasteiger partial charge in [-0.25, -0.2) is 4.68 Å². The quantitative estimate of drug-likeness (QED) is 0.841. The Balaban J connectivity index is 1.73. The third-order valence-corrected chi connectivity index (χ3v) is 5.05. The number of hydrogen-bond acceptors (Lipinski definition) is 4. The zero-order valence-corrected chi connectivity index (χ0v) is 14.5. The van der Waals surface area contributed by atoms with Gasteiger partial charge in [0, 0.05) is 31.4 Å². The Bertz CT molecular complexity index is 716. The number of carboxylic acid groups (broad SMARTS) is 1. The van der Waals surface area contributed by atoms with Crippen molar-refractivity contribution in [3.63, 3.8) is 0 Å². The summed E-state index contributed by atoms with van der Waals surface area (Å²) in [6.07, 6.45) is 4.72. The number of piperidine rings is 1. The van der Waals surface area contributed by atoms with Crippen molar-refractivity contribution >= 4 is 5.97 Å². The Morgan fingerprint density at radius 3 is 2.80 bits per heavy atom. The molecular weight excluding hydrogens is 318 g/mol. The number of carbonyl (C=O) groups is 1. The first-order valence-electron chi connectivity index (χ1n) is 8.78. The number of benzene rings is 1. The zero-order chi connectivity index (χ0) is 17.9. The number of nitrogens with zero attached hydrogens (tertiary/aromatic N) is 3. The van der Waals surface area contributed by atoms with Gasteiger partial charge < -0.3 is 10.2 Å². The van der Waals surface area contributed by atoms with Crippen LogP contribution in [-0.4, -0.2) is 50.1 Å². The number of aliphatic hydroxyl groups excluding tert-OH is 1. The first-order chi connectivity index (χ1) is 12.0. The highest BCUT2D eigenvalue weighted by atomic mass is 16.4. The molecule has 1 fully saturated rings. The van der Waals surface area contributed by atoms with Gasteiger partial charge in [-0.05, 0) is 25.0 Å². The topological polar surface area (TPSA) is 78.6 Å². The van der Waals surface area contributed by atoms with Crippen molar-refractivity contribution in [1.82, 2.24) is 14.7 Å². The third-order valence-electron chi connectivity index (χ3n) is 5.05. The van der Waals surface area contributed by atoms with E-state index in [2.05, 4.69) is 10.00 Å². The molecule has 1 aliphatic heterocycles. The number of likely N-dealkylation sites (tertiary alicyclic amines) is 1. The third kappa shape index (κ3) is 3.60. The van der Waals surface area contributed by atoms with Crippen molar-refractivity contribution in [3.8, 4) is 5.69 Å². The van der Waals surface area contributed by atoms with Crippen molar-refractivity contribution in [2.24, 2.45) is 5.41 Å². The predicted molar refractivity (Wildman–Crippen MR) is 94.4 cm³/mol. The molecule has 134 valence electrons. The monoisotopic (exact) mass is 343 g/mol. The van der Waals surface area contributed by atoms with E-state index in [1.165, 1.54) is 0 Å². The van der Waals surface area contributed by atoms with Crippen LogP contribution in [0.1, 0.15) is 31.7 Å². The molecule has 1 saturated heterocycles.